The van der Waals surface area contributed by atoms with Crippen LogP contribution in [-0.4, -0.2) is 16.7 Å². The summed E-state index contributed by atoms with van der Waals surface area (Å²) in [5.41, 5.74) is 0.697. The van der Waals surface area contributed by atoms with Gasteiger partial charge >= 0.3 is 0 Å². The maximum Gasteiger partial charge on any atom is 0.218 e. The van der Waals surface area contributed by atoms with Crippen LogP contribution >= 0.6 is 15.9 Å². The van der Waals surface area contributed by atoms with Crippen LogP contribution in [0.2, 0.25) is 0 Å². The van der Waals surface area contributed by atoms with Crippen molar-refractivity contribution in [1.82, 2.24) is 4.98 Å². The zero-order valence-electron chi connectivity index (χ0n) is 8.45. The Morgan fingerprint density at radius 3 is 3.07 bits per heavy atom. The normalized spacial score (nSPS) is 10.0. The third kappa shape index (κ3) is 4.01. The van der Waals surface area contributed by atoms with E-state index in [1.807, 2.05) is 6.08 Å². The van der Waals surface area contributed by atoms with Crippen molar-refractivity contribution in [3.8, 4) is 5.88 Å². The first-order valence-electron chi connectivity index (χ1n) is 4.77. The number of pyridine rings is 1. The van der Waals surface area contributed by atoms with Crippen LogP contribution in [0.4, 0.5) is 0 Å². The Morgan fingerprint density at radius 1 is 1.60 bits per heavy atom. The summed E-state index contributed by atoms with van der Waals surface area (Å²) in [6.07, 6.45) is 5.34. The van der Waals surface area contributed by atoms with E-state index < -0.39 is 0 Å². The Labute approximate surface area is 97.9 Å². The molecule has 0 spiro atoms. The Bertz CT molecular complexity index is 328. The van der Waals surface area contributed by atoms with Crippen LogP contribution in [0.5, 0.6) is 5.88 Å². The predicted octanol–water partition coefficient (Wildman–Crippen LogP) is 2.68. The molecule has 1 rings (SSSR count). The van der Waals surface area contributed by atoms with E-state index in [0.29, 0.717) is 18.1 Å². The molecule has 0 aliphatic carbocycles. The number of hydrogen-bond acceptors (Lipinski definition) is 3. The average molecular weight is 272 g/mol. The highest BCUT2D eigenvalue weighted by atomic mass is 79.9. The molecule has 0 aliphatic rings. The highest BCUT2D eigenvalue weighted by molar-refractivity contribution is 9.10. The number of aromatic nitrogens is 1. The van der Waals surface area contributed by atoms with Crippen LogP contribution in [-0.2, 0) is 6.61 Å². The summed E-state index contributed by atoms with van der Waals surface area (Å²) in [7, 11) is 0. The lowest BCUT2D eigenvalue weighted by Crippen LogP contribution is -2.02. The van der Waals surface area contributed by atoms with Crippen molar-refractivity contribution in [2.24, 2.45) is 0 Å². The Morgan fingerprint density at radius 2 is 2.40 bits per heavy atom. The van der Waals surface area contributed by atoms with Gasteiger partial charge in [-0.3, -0.25) is 0 Å². The summed E-state index contributed by atoms with van der Waals surface area (Å²) in [6.45, 7) is 4.16. The maximum absolute atomic E-state index is 9.09. The second-order valence-electron chi connectivity index (χ2n) is 3.06. The van der Waals surface area contributed by atoms with Crippen molar-refractivity contribution < 1.29 is 9.84 Å². The van der Waals surface area contributed by atoms with Crippen molar-refractivity contribution >= 4 is 15.9 Å². The fourth-order valence-electron chi connectivity index (χ4n) is 1.11. The minimum absolute atomic E-state index is 0.0662. The number of hydrogen-bond donors (Lipinski definition) is 1. The molecule has 1 N–H and O–H groups in total. The van der Waals surface area contributed by atoms with E-state index in [-0.39, 0.29) is 6.61 Å². The van der Waals surface area contributed by atoms with Crippen LogP contribution in [0.25, 0.3) is 0 Å². The monoisotopic (exact) mass is 271 g/mol. The molecule has 15 heavy (non-hydrogen) atoms. The zero-order valence-corrected chi connectivity index (χ0v) is 10.0. The lowest BCUT2D eigenvalue weighted by atomic mass is 10.3. The van der Waals surface area contributed by atoms with Gasteiger partial charge in [0, 0.05) is 16.2 Å². The van der Waals surface area contributed by atoms with E-state index in [1.54, 1.807) is 12.3 Å². The molecule has 0 amide bonds. The largest absolute Gasteiger partial charge is 0.477 e. The van der Waals surface area contributed by atoms with Crippen LogP contribution in [0.3, 0.4) is 0 Å². The van der Waals surface area contributed by atoms with Gasteiger partial charge < -0.3 is 9.84 Å². The van der Waals surface area contributed by atoms with E-state index in [2.05, 4.69) is 27.5 Å². The van der Waals surface area contributed by atoms with Crippen molar-refractivity contribution in [2.75, 3.05) is 6.61 Å². The number of halogens is 1. The van der Waals surface area contributed by atoms with Crippen LogP contribution in [0.15, 0.2) is 29.4 Å². The highest BCUT2D eigenvalue weighted by Crippen LogP contribution is 2.20. The molecular weight excluding hydrogens is 258 g/mol. The number of aliphatic hydroxyl groups excluding tert-OH is 1. The first kappa shape index (κ1) is 12.2. The highest BCUT2D eigenvalue weighted by Gasteiger charge is 2.04. The summed E-state index contributed by atoms with van der Waals surface area (Å²) < 4.78 is 6.28. The molecule has 1 heterocycles. The molecule has 0 aromatic carbocycles. The lowest BCUT2D eigenvalue weighted by molar-refractivity contribution is 0.256. The Kier molecular flexibility index (Phi) is 5.36. The quantitative estimate of drug-likeness (QED) is 0.639. The van der Waals surface area contributed by atoms with E-state index in [4.69, 9.17) is 9.84 Å². The minimum atomic E-state index is -0.0662. The second kappa shape index (κ2) is 6.58. The smallest absolute Gasteiger partial charge is 0.218 e. The number of unbranched alkanes of at least 4 members (excludes halogenated alkanes) is 1. The van der Waals surface area contributed by atoms with Crippen molar-refractivity contribution in [1.29, 1.82) is 0 Å². The summed E-state index contributed by atoms with van der Waals surface area (Å²) >= 11 is 3.29. The standard InChI is InChI=1S/C11H14BrNO2/c1-2-3-4-5-15-11-9(8-14)6-10(12)7-13-11/h2,6-7,14H,1,3-5,8H2. The van der Waals surface area contributed by atoms with Gasteiger partial charge in [0.1, 0.15) is 0 Å². The summed E-state index contributed by atoms with van der Waals surface area (Å²) in [5, 5.41) is 9.09. The first-order valence-corrected chi connectivity index (χ1v) is 5.56. The van der Waals surface area contributed by atoms with E-state index in [9.17, 15) is 0 Å². The number of nitrogens with zero attached hydrogens (tertiary/aromatic N) is 1. The molecule has 0 atom stereocenters. The molecule has 0 bridgehead atoms. The predicted molar refractivity (Wildman–Crippen MR) is 62.8 cm³/mol. The number of allylic oxidation sites excluding steroid dienone is 1. The maximum atomic E-state index is 9.09. The van der Waals surface area contributed by atoms with Crippen molar-refractivity contribution in [3.63, 3.8) is 0 Å². The third-order valence-electron chi connectivity index (χ3n) is 1.85. The summed E-state index contributed by atoms with van der Waals surface area (Å²) in [4.78, 5) is 4.09. The van der Waals surface area contributed by atoms with Gasteiger partial charge in [-0.2, -0.15) is 0 Å². The zero-order chi connectivity index (χ0) is 11.1. The fourth-order valence-corrected chi connectivity index (χ4v) is 1.49. The molecule has 0 saturated heterocycles. The molecule has 1 aromatic rings. The van der Waals surface area contributed by atoms with Gasteiger partial charge in [0.15, 0.2) is 0 Å². The van der Waals surface area contributed by atoms with Gasteiger partial charge in [-0.1, -0.05) is 6.08 Å². The van der Waals surface area contributed by atoms with Crippen LogP contribution in [0.1, 0.15) is 18.4 Å². The molecule has 82 valence electrons. The van der Waals surface area contributed by atoms with E-state index in [0.717, 1.165) is 17.3 Å². The molecule has 0 fully saturated rings. The van der Waals surface area contributed by atoms with Gasteiger partial charge in [0.2, 0.25) is 5.88 Å². The topological polar surface area (TPSA) is 42.4 Å². The van der Waals surface area contributed by atoms with E-state index >= 15 is 0 Å². The van der Waals surface area contributed by atoms with Crippen molar-refractivity contribution in [2.45, 2.75) is 19.4 Å². The van der Waals surface area contributed by atoms with Gasteiger partial charge in [0.05, 0.1) is 13.2 Å². The number of rotatable bonds is 6. The van der Waals surface area contributed by atoms with Crippen LogP contribution in [0, 0.1) is 0 Å². The second-order valence-corrected chi connectivity index (χ2v) is 3.97. The Balaban J connectivity index is 2.55. The van der Waals surface area contributed by atoms with Gasteiger partial charge in [-0.15, -0.1) is 6.58 Å². The van der Waals surface area contributed by atoms with Gasteiger partial charge in [-0.05, 0) is 34.8 Å². The summed E-state index contributed by atoms with van der Waals surface area (Å²) in [6, 6.07) is 1.80. The summed E-state index contributed by atoms with van der Waals surface area (Å²) in [5.74, 6) is 0.504. The molecule has 0 radical (unpaired) electrons. The molecular formula is C11H14BrNO2. The SMILES string of the molecule is C=CCCCOc1ncc(Br)cc1CO. The lowest BCUT2D eigenvalue weighted by Gasteiger charge is -2.08. The van der Waals surface area contributed by atoms with Crippen LogP contribution < -0.4 is 4.74 Å². The molecule has 4 heteroatoms. The Hall–Kier alpha value is -0.870. The number of ether oxygens (including phenoxy) is 1. The van der Waals surface area contributed by atoms with Crippen molar-refractivity contribution in [3.05, 3.63) is 35.0 Å². The molecule has 1 aromatic heterocycles. The van der Waals surface area contributed by atoms with E-state index in [1.165, 1.54) is 0 Å². The first-order chi connectivity index (χ1) is 7.27. The fraction of sp³-hybridized carbons (Fsp3) is 0.364. The molecule has 0 unspecified atom stereocenters. The average Bonchev–Trinajstić information content (AvgIpc) is 2.26. The number of aliphatic hydroxyl groups is 1. The third-order valence-corrected chi connectivity index (χ3v) is 2.29. The molecule has 0 aliphatic heterocycles. The van der Waals surface area contributed by atoms with Gasteiger partial charge in [-0.25, -0.2) is 4.98 Å². The molecule has 0 saturated carbocycles. The van der Waals surface area contributed by atoms with Gasteiger partial charge in [0.25, 0.3) is 0 Å². The minimum Gasteiger partial charge on any atom is -0.477 e. The molecule has 3 nitrogen and oxygen atoms in total.